The highest BCUT2D eigenvalue weighted by atomic mass is 35.5. The average Bonchev–Trinajstić information content (AvgIpc) is 3.38. The Morgan fingerprint density at radius 3 is 2.36 bits per heavy atom. The fourth-order valence-corrected chi connectivity index (χ4v) is 6.01. The minimum atomic E-state index is -0.491. The standard InChI is InChI=1S/C29H38Cl2N2/c1-3-19-33(20-17-23-10-6-5-7-11-23)26(4-2)16-18-29(22-32,24-12-8-9-13-24)25-14-15-27(30)28(31)21-25/h5-7,10-11,14-15,21,24,26H,3-4,8-9,12-13,16-20H2,1-2H3. The molecule has 2 unspecified atom stereocenters. The molecule has 1 aliphatic carbocycles. The van der Waals surface area contributed by atoms with E-state index in [2.05, 4.69) is 55.1 Å². The predicted octanol–water partition coefficient (Wildman–Crippen LogP) is 8.46. The van der Waals surface area contributed by atoms with Gasteiger partial charge in [-0.3, -0.25) is 0 Å². The van der Waals surface area contributed by atoms with E-state index in [-0.39, 0.29) is 0 Å². The van der Waals surface area contributed by atoms with Crippen LogP contribution < -0.4 is 0 Å². The number of halogens is 2. The molecule has 178 valence electrons. The van der Waals surface area contributed by atoms with Crippen LogP contribution >= 0.6 is 23.2 Å². The summed E-state index contributed by atoms with van der Waals surface area (Å²) >= 11 is 12.6. The van der Waals surface area contributed by atoms with Crippen LogP contribution in [0.25, 0.3) is 0 Å². The second-order valence-corrected chi connectivity index (χ2v) is 10.4. The Morgan fingerprint density at radius 1 is 1.03 bits per heavy atom. The molecule has 0 radical (unpaired) electrons. The van der Waals surface area contributed by atoms with E-state index in [1.54, 1.807) is 0 Å². The first-order valence-electron chi connectivity index (χ1n) is 12.7. The van der Waals surface area contributed by atoms with Gasteiger partial charge in [-0.05, 0) is 80.7 Å². The summed E-state index contributed by atoms with van der Waals surface area (Å²) in [5.74, 6) is 0.390. The van der Waals surface area contributed by atoms with E-state index in [1.807, 2.05) is 18.2 Å². The Morgan fingerprint density at radius 2 is 1.76 bits per heavy atom. The highest BCUT2D eigenvalue weighted by Gasteiger charge is 2.42. The Balaban J connectivity index is 1.80. The Labute approximate surface area is 210 Å². The number of benzene rings is 2. The van der Waals surface area contributed by atoms with Crippen molar-refractivity contribution in [2.75, 3.05) is 13.1 Å². The third kappa shape index (κ3) is 6.54. The first-order valence-corrected chi connectivity index (χ1v) is 13.4. The molecule has 2 atom stereocenters. The van der Waals surface area contributed by atoms with E-state index in [0.717, 1.165) is 63.6 Å². The van der Waals surface area contributed by atoms with Crippen molar-refractivity contribution in [2.45, 2.75) is 83.1 Å². The van der Waals surface area contributed by atoms with Crippen molar-refractivity contribution in [3.8, 4) is 6.07 Å². The number of nitriles is 1. The molecule has 1 saturated carbocycles. The van der Waals surface area contributed by atoms with Crippen molar-refractivity contribution in [3.63, 3.8) is 0 Å². The van der Waals surface area contributed by atoms with Crippen molar-refractivity contribution in [3.05, 3.63) is 69.7 Å². The molecule has 0 heterocycles. The second kappa shape index (κ2) is 12.8. The highest BCUT2D eigenvalue weighted by molar-refractivity contribution is 6.42. The van der Waals surface area contributed by atoms with Crippen molar-refractivity contribution in [2.24, 2.45) is 5.92 Å². The summed E-state index contributed by atoms with van der Waals surface area (Å²) in [6.45, 7) is 6.71. The molecular weight excluding hydrogens is 447 g/mol. The van der Waals surface area contributed by atoms with Crippen molar-refractivity contribution in [1.29, 1.82) is 5.26 Å². The van der Waals surface area contributed by atoms with Gasteiger partial charge in [-0.1, -0.05) is 86.3 Å². The lowest BCUT2D eigenvalue weighted by atomic mass is 9.67. The van der Waals surface area contributed by atoms with E-state index in [9.17, 15) is 5.26 Å². The molecule has 0 spiro atoms. The number of hydrogen-bond donors (Lipinski definition) is 0. The maximum absolute atomic E-state index is 10.6. The molecule has 33 heavy (non-hydrogen) atoms. The zero-order valence-electron chi connectivity index (χ0n) is 20.2. The fourth-order valence-electron chi connectivity index (χ4n) is 5.71. The van der Waals surface area contributed by atoms with Crippen molar-refractivity contribution >= 4 is 23.2 Å². The van der Waals surface area contributed by atoms with Crippen LogP contribution in [0.5, 0.6) is 0 Å². The van der Waals surface area contributed by atoms with Crippen LogP contribution in [0.2, 0.25) is 10.0 Å². The fraction of sp³-hybridized carbons (Fsp3) is 0.552. The molecule has 1 fully saturated rings. The Kier molecular flexibility index (Phi) is 10.1. The van der Waals surface area contributed by atoms with Crippen LogP contribution in [0.4, 0.5) is 0 Å². The predicted molar refractivity (Wildman–Crippen MR) is 141 cm³/mol. The molecular formula is C29H38Cl2N2. The van der Waals surface area contributed by atoms with Gasteiger partial charge in [-0.2, -0.15) is 5.26 Å². The van der Waals surface area contributed by atoms with E-state index in [1.165, 1.54) is 18.4 Å². The molecule has 2 aromatic rings. The van der Waals surface area contributed by atoms with Crippen LogP contribution in [-0.2, 0) is 11.8 Å². The van der Waals surface area contributed by atoms with E-state index in [4.69, 9.17) is 23.2 Å². The maximum Gasteiger partial charge on any atom is 0.0851 e. The maximum atomic E-state index is 10.6. The first kappa shape index (κ1) is 26.1. The minimum Gasteiger partial charge on any atom is -0.300 e. The monoisotopic (exact) mass is 484 g/mol. The molecule has 1 aliphatic rings. The first-order chi connectivity index (χ1) is 16.0. The zero-order chi connectivity index (χ0) is 23.7. The van der Waals surface area contributed by atoms with Crippen molar-refractivity contribution < 1.29 is 0 Å². The molecule has 0 aromatic heterocycles. The van der Waals surface area contributed by atoms with Gasteiger partial charge in [-0.15, -0.1) is 0 Å². The molecule has 0 N–H and O–H groups in total. The van der Waals surface area contributed by atoms with Gasteiger partial charge in [0.15, 0.2) is 0 Å². The van der Waals surface area contributed by atoms with E-state index < -0.39 is 5.41 Å². The van der Waals surface area contributed by atoms with Gasteiger partial charge < -0.3 is 4.90 Å². The summed E-state index contributed by atoms with van der Waals surface area (Å²) in [6.07, 6.45) is 9.88. The van der Waals surface area contributed by atoms with Crippen molar-refractivity contribution in [1.82, 2.24) is 4.90 Å². The number of hydrogen-bond acceptors (Lipinski definition) is 2. The summed E-state index contributed by atoms with van der Waals surface area (Å²) in [5.41, 5.74) is 1.95. The summed E-state index contributed by atoms with van der Waals surface area (Å²) in [6, 6.07) is 19.9. The van der Waals surface area contributed by atoms with Crippen LogP contribution in [0.1, 0.15) is 76.3 Å². The Hall–Kier alpha value is -1.53. The molecule has 2 nitrogen and oxygen atoms in total. The number of nitrogens with zero attached hydrogens (tertiary/aromatic N) is 2. The summed E-state index contributed by atoms with van der Waals surface area (Å²) in [4.78, 5) is 2.65. The zero-order valence-corrected chi connectivity index (χ0v) is 21.7. The molecule has 4 heteroatoms. The van der Waals surface area contributed by atoms with Crippen LogP contribution in [-0.4, -0.2) is 24.0 Å². The van der Waals surface area contributed by atoms with E-state index in [0.29, 0.717) is 22.0 Å². The normalized spacial score (nSPS) is 17.1. The molecule has 3 rings (SSSR count). The molecule has 0 saturated heterocycles. The highest BCUT2D eigenvalue weighted by Crippen LogP contribution is 2.46. The van der Waals surface area contributed by atoms with Gasteiger partial charge in [0.2, 0.25) is 0 Å². The second-order valence-electron chi connectivity index (χ2n) is 9.57. The topological polar surface area (TPSA) is 27.0 Å². The lowest BCUT2D eigenvalue weighted by molar-refractivity contribution is 0.167. The SMILES string of the molecule is CCCN(CCc1ccccc1)C(CC)CCC(C#N)(c1ccc(Cl)c(Cl)c1)C1CCCC1. The van der Waals surface area contributed by atoms with Crippen LogP contribution in [0, 0.1) is 17.2 Å². The minimum absolute atomic E-state index is 0.390. The smallest absolute Gasteiger partial charge is 0.0851 e. The summed E-state index contributed by atoms with van der Waals surface area (Å²) in [7, 11) is 0. The lowest BCUT2D eigenvalue weighted by Gasteiger charge is -2.37. The molecule has 0 aliphatic heterocycles. The average molecular weight is 486 g/mol. The molecule has 0 amide bonds. The third-order valence-corrected chi connectivity index (χ3v) is 8.33. The van der Waals surface area contributed by atoms with Gasteiger partial charge >= 0.3 is 0 Å². The molecule has 0 bridgehead atoms. The molecule has 2 aromatic carbocycles. The van der Waals surface area contributed by atoms with Crippen LogP contribution in [0.3, 0.4) is 0 Å². The van der Waals surface area contributed by atoms with Gasteiger partial charge in [-0.25, -0.2) is 0 Å². The number of rotatable bonds is 12. The van der Waals surface area contributed by atoms with Gasteiger partial charge in [0.1, 0.15) is 0 Å². The van der Waals surface area contributed by atoms with E-state index >= 15 is 0 Å². The van der Waals surface area contributed by atoms with Crippen LogP contribution in [0.15, 0.2) is 48.5 Å². The van der Waals surface area contributed by atoms with Gasteiger partial charge in [0.25, 0.3) is 0 Å². The lowest BCUT2D eigenvalue weighted by Crippen LogP contribution is -2.40. The Bertz CT molecular complexity index is 902. The van der Waals surface area contributed by atoms with Gasteiger partial charge in [0.05, 0.1) is 21.5 Å². The third-order valence-electron chi connectivity index (χ3n) is 7.59. The summed E-state index contributed by atoms with van der Waals surface area (Å²) in [5, 5.41) is 11.7. The van der Waals surface area contributed by atoms with Gasteiger partial charge in [0, 0.05) is 12.6 Å². The summed E-state index contributed by atoms with van der Waals surface area (Å²) < 4.78 is 0. The quantitative estimate of drug-likeness (QED) is 0.302. The largest absolute Gasteiger partial charge is 0.300 e.